The van der Waals surface area contributed by atoms with Crippen molar-refractivity contribution in [1.82, 2.24) is 0 Å². The van der Waals surface area contributed by atoms with Crippen molar-refractivity contribution in [3.05, 3.63) is 0 Å². The molecule has 0 aromatic heterocycles. The van der Waals surface area contributed by atoms with Crippen molar-refractivity contribution in [1.29, 1.82) is 0 Å². The van der Waals surface area contributed by atoms with E-state index in [1.807, 2.05) is 0 Å². The second-order valence-corrected chi connectivity index (χ2v) is 0. The van der Waals surface area contributed by atoms with Gasteiger partial charge >= 0.3 is 29.6 Å². The van der Waals surface area contributed by atoms with Gasteiger partial charge in [-0.05, 0) is 0 Å². The summed E-state index contributed by atoms with van der Waals surface area (Å²) in [5.41, 5.74) is 0. The van der Waals surface area contributed by atoms with E-state index in [2.05, 4.69) is 0 Å². The van der Waals surface area contributed by atoms with Crippen molar-refractivity contribution in [3.8, 4) is 0 Å². The van der Waals surface area contributed by atoms with Crippen molar-refractivity contribution in [2.24, 2.45) is 0 Å². The Morgan fingerprint density at radius 3 is 0.833 bits per heavy atom. The zero-order valence-electron chi connectivity index (χ0n) is 4.08. The first-order chi connectivity index (χ1) is 0. The molecule has 6 heteroatoms. The molecule has 0 aliphatic rings. The van der Waals surface area contributed by atoms with Crippen LogP contribution in [0.25, 0.3) is 0 Å². The molecule has 6 heavy (non-hydrogen) atoms. The van der Waals surface area contributed by atoms with Crippen LogP contribution in [0.2, 0.25) is 0 Å². The molecule has 0 rings (SSSR count). The predicted octanol–water partition coefficient (Wildman–Crippen LogP) is -1.51. The molecule has 0 N–H and O–H groups in total. The van der Waals surface area contributed by atoms with Gasteiger partial charge in [-0.25, -0.2) is 0 Å². The van der Waals surface area contributed by atoms with E-state index in [-0.39, 0.29) is 98.8 Å². The molecule has 0 aliphatic carbocycles. The fourth-order valence-electron chi connectivity index (χ4n) is 0. The summed E-state index contributed by atoms with van der Waals surface area (Å²) in [4.78, 5) is 0. The Kier molecular flexibility index (Phi) is 545. The van der Waals surface area contributed by atoms with E-state index in [1.165, 1.54) is 0 Å². The normalized spacial score (nSPS) is 0. The van der Waals surface area contributed by atoms with Crippen molar-refractivity contribution in [2.75, 3.05) is 0 Å². The van der Waals surface area contributed by atoms with Gasteiger partial charge in [0.25, 0.3) is 0 Å². The monoisotopic (exact) mass is 222 g/mol. The molecule has 0 spiro atoms. The minimum absolute atomic E-state index is 0. The summed E-state index contributed by atoms with van der Waals surface area (Å²) < 4.78 is 0. The molecule has 0 atom stereocenters. The first kappa shape index (κ1) is 69.8. The largest absolute Gasteiger partial charge is 1.00 e. The molecule has 0 bridgehead atoms. The van der Waals surface area contributed by atoms with Gasteiger partial charge in [-0.3, -0.25) is 0 Å². The van der Waals surface area contributed by atoms with Crippen LogP contribution < -0.4 is 29.6 Å². The summed E-state index contributed by atoms with van der Waals surface area (Å²) in [6.07, 6.45) is 0. The SMILES string of the molecule is Cl.Cl.Cl.S.[Fe].[H-].[Na+]. The van der Waals surface area contributed by atoms with E-state index >= 15 is 0 Å². The average molecular weight is 223 g/mol. The molecular formula is H6Cl3FeNaS. The van der Waals surface area contributed by atoms with Gasteiger partial charge in [0.2, 0.25) is 0 Å². The number of hydrogen-bond donors (Lipinski definition) is 0. The van der Waals surface area contributed by atoms with Crippen LogP contribution in [0.1, 0.15) is 1.43 Å². The maximum Gasteiger partial charge on any atom is 1.00 e. The second kappa shape index (κ2) is 46.8. The van der Waals surface area contributed by atoms with Crippen molar-refractivity contribution in [2.45, 2.75) is 0 Å². The second-order valence-electron chi connectivity index (χ2n) is 0. The van der Waals surface area contributed by atoms with E-state index in [0.29, 0.717) is 0 Å². The number of halogens is 3. The Labute approximate surface area is 97.5 Å². The van der Waals surface area contributed by atoms with Gasteiger partial charge in [-0.15, -0.1) is 37.2 Å². The van der Waals surface area contributed by atoms with Gasteiger partial charge in [0, 0.05) is 17.1 Å². The van der Waals surface area contributed by atoms with Crippen LogP contribution in [-0.2, 0) is 17.1 Å². The van der Waals surface area contributed by atoms with Crippen molar-refractivity contribution < 1.29 is 48.1 Å². The Bertz CT molecular complexity index is 14.9. The van der Waals surface area contributed by atoms with Crippen molar-refractivity contribution >= 4 is 50.7 Å². The summed E-state index contributed by atoms with van der Waals surface area (Å²) in [6.45, 7) is 0. The molecule has 0 aliphatic heterocycles. The summed E-state index contributed by atoms with van der Waals surface area (Å²) in [5, 5.41) is 0. The number of hydrogen-bond acceptors (Lipinski definition) is 0. The summed E-state index contributed by atoms with van der Waals surface area (Å²) in [5.74, 6) is 0. The molecule has 0 heterocycles. The molecule has 0 aromatic carbocycles. The summed E-state index contributed by atoms with van der Waals surface area (Å²) >= 11 is 0. The van der Waals surface area contributed by atoms with Crippen LogP contribution >= 0.6 is 50.7 Å². The number of rotatable bonds is 0. The van der Waals surface area contributed by atoms with Gasteiger partial charge in [0.05, 0.1) is 0 Å². The van der Waals surface area contributed by atoms with Crippen LogP contribution in [-0.4, -0.2) is 0 Å². The van der Waals surface area contributed by atoms with E-state index in [0.717, 1.165) is 0 Å². The topological polar surface area (TPSA) is 0 Å². The van der Waals surface area contributed by atoms with Crippen LogP contribution in [0.3, 0.4) is 0 Å². The van der Waals surface area contributed by atoms with E-state index in [9.17, 15) is 0 Å². The fraction of sp³-hybridized carbons (Fsp3) is 0. The predicted molar refractivity (Wildman–Crippen MR) is 33.2 cm³/mol. The average Bonchev–Trinajstić information content (AvgIpc) is 0. The van der Waals surface area contributed by atoms with Gasteiger partial charge in [-0.2, -0.15) is 13.5 Å². The van der Waals surface area contributed by atoms with Crippen LogP contribution in [0, 0.1) is 0 Å². The zero-order valence-corrected chi connectivity index (χ0v) is 9.63. The van der Waals surface area contributed by atoms with Crippen LogP contribution in [0.15, 0.2) is 0 Å². The Morgan fingerprint density at radius 1 is 0.833 bits per heavy atom. The van der Waals surface area contributed by atoms with Gasteiger partial charge in [-0.1, -0.05) is 0 Å². The van der Waals surface area contributed by atoms with E-state index in [4.69, 9.17) is 0 Å². The standard InChI is InChI=1S/3ClH.Fe.Na.H2S.H/h3*1H;;;1H2;/q;;;;+1;;-1. The van der Waals surface area contributed by atoms with Gasteiger partial charge < -0.3 is 1.43 Å². The molecule has 0 fully saturated rings. The third kappa shape index (κ3) is 29.6. The molecule has 0 amide bonds. The maximum absolute atomic E-state index is 0. The Balaban J connectivity index is 0. The quantitative estimate of drug-likeness (QED) is 0.438. The summed E-state index contributed by atoms with van der Waals surface area (Å²) in [6, 6.07) is 0. The fourth-order valence-corrected chi connectivity index (χ4v) is 0. The maximum atomic E-state index is 0. The molecule has 0 radical (unpaired) electrons. The Morgan fingerprint density at radius 2 is 0.833 bits per heavy atom. The van der Waals surface area contributed by atoms with Crippen LogP contribution in [0.4, 0.5) is 0 Å². The third-order valence-corrected chi connectivity index (χ3v) is 0. The van der Waals surface area contributed by atoms with E-state index < -0.39 is 0 Å². The molecule has 42 valence electrons. The molecular weight excluding hydrogens is 217 g/mol. The van der Waals surface area contributed by atoms with Gasteiger partial charge in [0.1, 0.15) is 0 Å². The molecule has 0 saturated carbocycles. The summed E-state index contributed by atoms with van der Waals surface area (Å²) in [7, 11) is 0. The van der Waals surface area contributed by atoms with Crippen molar-refractivity contribution in [3.63, 3.8) is 0 Å². The van der Waals surface area contributed by atoms with Gasteiger partial charge in [0.15, 0.2) is 0 Å². The Hall–Kier alpha value is 2.74. The zero-order chi connectivity index (χ0) is 0. The molecule has 0 nitrogen and oxygen atoms in total. The smallest absolute Gasteiger partial charge is 1.00 e. The third-order valence-electron chi connectivity index (χ3n) is 0. The minimum Gasteiger partial charge on any atom is -1.00 e. The molecule has 0 unspecified atom stereocenters. The minimum atomic E-state index is 0. The molecule has 0 aromatic rings. The van der Waals surface area contributed by atoms with E-state index in [1.54, 1.807) is 0 Å². The molecule has 0 saturated heterocycles. The van der Waals surface area contributed by atoms with Crippen LogP contribution in [0.5, 0.6) is 0 Å². The first-order valence-electron chi connectivity index (χ1n) is 0. The first-order valence-corrected chi connectivity index (χ1v) is 0.